The molecule has 17 heavy (non-hydrogen) atoms. The second-order valence-corrected chi connectivity index (χ2v) is 4.16. The molecule has 1 heterocycles. The molecule has 1 fully saturated rings. The fraction of sp³-hybridized carbons (Fsp3) is 0.500. The van der Waals surface area contributed by atoms with E-state index in [1.54, 1.807) is 4.90 Å². The number of rotatable bonds is 1. The largest absolute Gasteiger partial charge is 0.369 e. The van der Waals surface area contributed by atoms with Crippen LogP contribution in [-0.4, -0.2) is 26.2 Å². The van der Waals surface area contributed by atoms with Gasteiger partial charge in [0, 0.05) is 25.2 Å². The maximum atomic E-state index is 13.6. The third-order valence-corrected chi connectivity index (χ3v) is 2.89. The molecule has 1 N–H and O–H groups in total. The quantitative estimate of drug-likeness (QED) is 0.762. The third-order valence-electron chi connectivity index (χ3n) is 2.89. The second kappa shape index (κ2) is 5.40. The van der Waals surface area contributed by atoms with Crippen molar-refractivity contribution in [3.63, 3.8) is 0 Å². The van der Waals surface area contributed by atoms with Crippen LogP contribution in [0.15, 0.2) is 12.1 Å². The maximum Gasteiger partial charge on any atom is 0.161 e. The first-order valence-electron chi connectivity index (χ1n) is 5.78. The summed E-state index contributed by atoms with van der Waals surface area (Å²) in [5.41, 5.74) is 0.158. The van der Waals surface area contributed by atoms with Crippen LogP contribution in [0, 0.1) is 17.5 Å². The highest BCUT2D eigenvalue weighted by Crippen LogP contribution is 2.23. The van der Waals surface area contributed by atoms with Crippen LogP contribution in [0.1, 0.15) is 12.8 Å². The Morgan fingerprint density at radius 3 is 2.12 bits per heavy atom. The molecule has 1 aliphatic rings. The van der Waals surface area contributed by atoms with Crippen molar-refractivity contribution in [3.8, 4) is 0 Å². The minimum absolute atomic E-state index is 0.158. The first-order chi connectivity index (χ1) is 8.18. The SMILES string of the molecule is Fc1cc(F)c(N2CCCNCCC2)cc1F. The van der Waals surface area contributed by atoms with Crippen LogP contribution in [0.3, 0.4) is 0 Å². The van der Waals surface area contributed by atoms with Gasteiger partial charge in [-0.3, -0.25) is 0 Å². The van der Waals surface area contributed by atoms with Crippen LogP contribution < -0.4 is 10.2 Å². The van der Waals surface area contributed by atoms with Crippen LogP contribution in [0.4, 0.5) is 18.9 Å². The predicted octanol–water partition coefficient (Wildman–Crippen LogP) is 2.29. The zero-order valence-corrected chi connectivity index (χ0v) is 9.48. The highest BCUT2D eigenvalue weighted by atomic mass is 19.2. The number of benzene rings is 1. The summed E-state index contributed by atoms with van der Waals surface area (Å²) in [6, 6.07) is 1.56. The molecule has 0 atom stereocenters. The Bertz CT molecular complexity index is 388. The Labute approximate surface area is 98.4 Å². The molecular weight excluding hydrogens is 229 g/mol. The summed E-state index contributed by atoms with van der Waals surface area (Å²) < 4.78 is 39.5. The molecular formula is C12H15F3N2. The highest BCUT2D eigenvalue weighted by molar-refractivity contribution is 5.48. The molecule has 0 aliphatic carbocycles. The lowest BCUT2D eigenvalue weighted by molar-refractivity contribution is 0.491. The van der Waals surface area contributed by atoms with Crippen LogP contribution in [0.5, 0.6) is 0 Å². The van der Waals surface area contributed by atoms with Crippen LogP contribution in [-0.2, 0) is 0 Å². The highest BCUT2D eigenvalue weighted by Gasteiger charge is 2.16. The number of nitrogens with zero attached hydrogens (tertiary/aromatic N) is 1. The van der Waals surface area contributed by atoms with Gasteiger partial charge < -0.3 is 10.2 Å². The van der Waals surface area contributed by atoms with Gasteiger partial charge in [0.15, 0.2) is 11.6 Å². The number of halogens is 3. The van der Waals surface area contributed by atoms with Gasteiger partial charge in [0.1, 0.15) is 5.82 Å². The van der Waals surface area contributed by atoms with Gasteiger partial charge in [0.2, 0.25) is 0 Å². The minimum atomic E-state index is -1.14. The molecule has 1 aromatic rings. The number of hydrogen-bond acceptors (Lipinski definition) is 2. The van der Waals surface area contributed by atoms with E-state index in [0.717, 1.165) is 32.0 Å². The Morgan fingerprint density at radius 2 is 1.47 bits per heavy atom. The number of hydrogen-bond donors (Lipinski definition) is 1. The molecule has 1 aromatic carbocycles. The summed E-state index contributed by atoms with van der Waals surface area (Å²) in [5.74, 6) is -2.83. The summed E-state index contributed by atoms with van der Waals surface area (Å²) in [6.45, 7) is 3.02. The van der Waals surface area contributed by atoms with E-state index >= 15 is 0 Å². The summed E-state index contributed by atoms with van der Waals surface area (Å²) in [5, 5.41) is 3.24. The van der Waals surface area contributed by atoms with Gasteiger partial charge in [-0.05, 0) is 25.9 Å². The van der Waals surface area contributed by atoms with Gasteiger partial charge in [-0.25, -0.2) is 13.2 Å². The average Bonchev–Trinajstić information content (AvgIpc) is 2.24. The van der Waals surface area contributed by atoms with E-state index in [1.807, 2.05) is 0 Å². The molecule has 2 nitrogen and oxygen atoms in total. The van der Waals surface area contributed by atoms with Crippen LogP contribution >= 0.6 is 0 Å². The van der Waals surface area contributed by atoms with Gasteiger partial charge in [-0.15, -0.1) is 0 Å². The molecule has 0 spiro atoms. The Hall–Kier alpha value is -1.23. The smallest absolute Gasteiger partial charge is 0.161 e. The van der Waals surface area contributed by atoms with E-state index in [0.29, 0.717) is 19.2 Å². The fourth-order valence-corrected chi connectivity index (χ4v) is 2.02. The van der Waals surface area contributed by atoms with Crippen molar-refractivity contribution in [2.24, 2.45) is 0 Å². The second-order valence-electron chi connectivity index (χ2n) is 4.16. The zero-order valence-electron chi connectivity index (χ0n) is 9.48. The summed E-state index contributed by atoms with van der Waals surface area (Å²) >= 11 is 0. The van der Waals surface area contributed by atoms with E-state index in [4.69, 9.17) is 0 Å². The molecule has 0 radical (unpaired) electrons. The molecule has 0 aromatic heterocycles. The minimum Gasteiger partial charge on any atom is -0.369 e. The van der Waals surface area contributed by atoms with Crippen molar-refractivity contribution in [2.45, 2.75) is 12.8 Å². The first-order valence-corrected chi connectivity index (χ1v) is 5.78. The normalized spacial score (nSPS) is 17.7. The molecule has 1 aliphatic heterocycles. The van der Waals surface area contributed by atoms with E-state index < -0.39 is 17.5 Å². The summed E-state index contributed by atoms with van der Waals surface area (Å²) in [6.07, 6.45) is 1.72. The fourth-order valence-electron chi connectivity index (χ4n) is 2.02. The Morgan fingerprint density at radius 1 is 0.882 bits per heavy atom. The topological polar surface area (TPSA) is 15.3 Å². The summed E-state index contributed by atoms with van der Waals surface area (Å²) in [7, 11) is 0. The molecule has 0 amide bonds. The molecule has 0 saturated carbocycles. The zero-order chi connectivity index (χ0) is 12.3. The molecule has 1 saturated heterocycles. The Kier molecular flexibility index (Phi) is 3.89. The van der Waals surface area contributed by atoms with E-state index in [9.17, 15) is 13.2 Å². The van der Waals surface area contributed by atoms with Crippen molar-refractivity contribution < 1.29 is 13.2 Å². The lowest BCUT2D eigenvalue weighted by Crippen LogP contribution is -2.34. The van der Waals surface area contributed by atoms with Crippen LogP contribution in [0.2, 0.25) is 0 Å². The van der Waals surface area contributed by atoms with Crippen molar-refractivity contribution in [1.82, 2.24) is 5.32 Å². The van der Waals surface area contributed by atoms with E-state index in [2.05, 4.69) is 5.32 Å². The predicted molar refractivity (Wildman–Crippen MR) is 60.6 cm³/mol. The van der Waals surface area contributed by atoms with Crippen LogP contribution in [0.25, 0.3) is 0 Å². The van der Waals surface area contributed by atoms with Gasteiger partial charge in [-0.2, -0.15) is 0 Å². The standard InChI is InChI=1S/C12H15F3N2/c13-9-7-11(15)12(8-10(9)14)17-5-1-3-16-4-2-6-17/h7-8,16H,1-6H2. The lowest BCUT2D eigenvalue weighted by Gasteiger charge is -2.27. The monoisotopic (exact) mass is 244 g/mol. The van der Waals surface area contributed by atoms with Gasteiger partial charge in [0.25, 0.3) is 0 Å². The molecule has 2 rings (SSSR count). The van der Waals surface area contributed by atoms with Gasteiger partial charge >= 0.3 is 0 Å². The number of nitrogens with one attached hydrogen (secondary N) is 1. The van der Waals surface area contributed by atoms with Crippen molar-refractivity contribution in [2.75, 3.05) is 31.1 Å². The van der Waals surface area contributed by atoms with Gasteiger partial charge in [0.05, 0.1) is 5.69 Å². The average molecular weight is 244 g/mol. The van der Waals surface area contributed by atoms with E-state index in [-0.39, 0.29) is 5.69 Å². The molecule has 94 valence electrons. The molecule has 5 heteroatoms. The summed E-state index contributed by atoms with van der Waals surface area (Å²) in [4.78, 5) is 1.78. The van der Waals surface area contributed by atoms with Crippen molar-refractivity contribution in [3.05, 3.63) is 29.6 Å². The van der Waals surface area contributed by atoms with Gasteiger partial charge in [-0.1, -0.05) is 0 Å². The number of anilines is 1. The first kappa shape index (κ1) is 12.2. The third kappa shape index (κ3) is 2.91. The lowest BCUT2D eigenvalue weighted by atomic mass is 10.2. The van der Waals surface area contributed by atoms with E-state index in [1.165, 1.54) is 0 Å². The molecule has 0 unspecified atom stereocenters. The Balaban J connectivity index is 2.21. The maximum absolute atomic E-state index is 13.6. The molecule has 0 bridgehead atoms. The van der Waals surface area contributed by atoms with Crippen molar-refractivity contribution in [1.29, 1.82) is 0 Å². The van der Waals surface area contributed by atoms with Crippen molar-refractivity contribution >= 4 is 5.69 Å².